The number of carbonyl (C=O) groups excluding carboxylic acids is 2. The Morgan fingerprint density at radius 1 is 0.694 bits per heavy atom. The van der Waals surface area contributed by atoms with Crippen LogP contribution in [0.1, 0.15) is 35.1 Å². The van der Waals surface area contributed by atoms with Gasteiger partial charge in [-0.3, -0.25) is 4.79 Å². The van der Waals surface area contributed by atoms with Gasteiger partial charge in [0.05, 0.1) is 7.11 Å². The first-order chi connectivity index (χ1) is 17.6. The van der Waals surface area contributed by atoms with Crippen molar-refractivity contribution in [2.75, 3.05) is 7.11 Å². The van der Waals surface area contributed by atoms with Gasteiger partial charge in [-0.25, -0.2) is 4.79 Å². The molecular weight excluding hydrogens is 446 g/mol. The van der Waals surface area contributed by atoms with Crippen molar-refractivity contribution in [1.29, 1.82) is 0 Å². The number of amides is 1. The van der Waals surface area contributed by atoms with Gasteiger partial charge < -0.3 is 10.1 Å². The SMILES string of the molecule is COC(=O)[C@@H](Cc1ccccc1)NC(=O)CCC(c1ccccc1)(c1ccccc1)c1ccccc1. The molecule has 0 spiro atoms. The molecule has 4 rings (SSSR count). The first kappa shape index (κ1) is 24.9. The molecule has 0 saturated carbocycles. The summed E-state index contributed by atoms with van der Waals surface area (Å²) in [5, 5.41) is 2.93. The quantitative estimate of drug-likeness (QED) is 0.235. The molecule has 4 aromatic rings. The summed E-state index contributed by atoms with van der Waals surface area (Å²) in [4.78, 5) is 25.8. The second kappa shape index (κ2) is 12.0. The van der Waals surface area contributed by atoms with Crippen molar-refractivity contribution in [1.82, 2.24) is 5.32 Å². The minimum absolute atomic E-state index is 0.187. The molecule has 0 radical (unpaired) electrons. The monoisotopic (exact) mass is 477 g/mol. The molecule has 0 heterocycles. The summed E-state index contributed by atoms with van der Waals surface area (Å²) in [5.41, 5.74) is 3.78. The molecule has 0 fully saturated rings. The van der Waals surface area contributed by atoms with E-state index in [1.54, 1.807) is 0 Å². The molecule has 0 aliphatic rings. The molecule has 1 amide bonds. The van der Waals surface area contributed by atoms with E-state index in [2.05, 4.69) is 41.7 Å². The van der Waals surface area contributed by atoms with Crippen LogP contribution >= 0.6 is 0 Å². The number of hydrogen-bond donors (Lipinski definition) is 1. The maximum atomic E-state index is 13.3. The highest BCUT2D eigenvalue weighted by Gasteiger charge is 2.36. The van der Waals surface area contributed by atoms with Crippen molar-refractivity contribution >= 4 is 11.9 Å². The average molecular weight is 478 g/mol. The Morgan fingerprint density at radius 3 is 1.53 bits per heavy atom. The Morgan fingerprint density at radius 2 is 1.11 bits per heavy atom. The van der Waals surface area contributed by atoms with Crippen LogP contribution in [0.25, 0.3) is 0 Å². The maximum absolute atomic E-state index is 13.3. The fourth-order valence-corrected chi connectivity index (χ4v) is 4.85. The largest absolute Gasteiger partial charge is 0.467 e. The Balaban J connectivity index is 1.64. The van der Waals surface area contributed by atoms with Crippen molar-refractivity contribution in [3.05, 3.63) is 144 Å². The van der Waals surface area contributed by atoms with Crippen LogP contribution in [0, 0.1) is 0 Å². The summed E-state index contributed by atoms with van der Waals surface area (Å²) in [5.74, 6) is -0.638. The fourth-order valence-electron chi connectivity index (χ4n) is 4.85. The van der Waals surface area contributed by atoms with Gasteiger partial charge in [0.2, 0.25) is 5.91 Å². The van der Waals surface area contributed by atoms with Crippen LogP contribution in [0.3, 0.4) is 0 Å². The van der Waals surface area contributed by atoms with E-state index in [4.69, 9.17) is 4.74 Å². The molecular formula is C32H31NO3. The lowest BCUT2D eigenvalue weighted by molar-refractivity contribution is -0.145. The number of methoxy groups -OCH3 is 1. The van der Waals surface area contributed by atoms with E-state index < -0.39 is 17.4 Å². The van der Waals surface area contributed by atoms with Gasteiger partial charge in [-0.05, 0) is 28.7 Å². The number of ether oxygens (including phenoxy) is 1. The number of nitrogens with one attached hydrogen (secondary N) is 1. The maximum Gasteiger partial charge on any atom is 0.328 e. The molecule has 0 aliphatic carbocycles. The lowest BCUT2D eigenvalue weighted by Gasteiger charge is -2.36. The zero-order valence-corrected chi connectivity index (χ0v) is 20.5. The van der Waals surface area contributed by atoms with Crippen LogP contribution in [-0.4, -0.2) is 25.0 Å². The topological polar surface area (TPSA) is 55.4 Å². The molecule has 4 nitrogen and oxygen atoms in total. The van der Waals surface area contributed by atoms with Gasteiger partial charge in [0, 0.05) is 18.3 Å². The van der Waals surface area contributed by atoms with Gasteiger partial charge in [-0.15, -0.1) is 0 Å². The Kier molecular flexibility index (Phi) is 8.30. The molecule has 0 saturated heterocycles. The van der Waals surface area contributed by atoms with Crippen molar-refractivity contribution in [2.45, 2.75) is 30.7 Å². The molecule has 0 unspecified atom stereocenters. The zero-order chi connectivity index (χ0) is 25.2. The normalized spacial score (nSPS) is 11.9. The number of esters is 1. The Hall–Kier alpha value is -4.18. The second-order valence-corrected chi connectivity index (χ2v) is 8.84. The zero-order valence-electron chi connectivity index (χ0n) is 20.5. The van der Waals surface area contributed by atoms with Crippen LogP contribution in [0.5, 0.6) is 0 Å². The first-order valence-corrected chi connectivity index (χ1v) is 12.2. The summed E-state index contributed by atoms with van der Waals surface area (Å²) in [6.07, 6.45) is 1.15. The highest BCUT2D eigenvalue weighted by molar-refractivity contribution is 5.84. The number of carbonyl (C=O) groups is 2. The molecule has 4 aromatic carbocycles. The molecule has 0 aromatic heterocycles. The van der Waals surface area contributed by atoms with E-state index in [0.29, 0.717) is 12.8 Å². The highest BCUT2D eigenvalue weighted by Crippen LogP contribution is 2.43. The molecule has 1 atom stereocenters. The van der Waals surface area contributed by atoms with E-state index in [1.165, 1.54) is 7.11 Å². The predicted octanol–water partition coefficient (Wildman–Crippen LogP) is 5.70. The molecule has 1 N–H and O–H groups in total. The van der Waals surface area contributed by atoms with Crippen LogP contribution in [0.2, 0.25) is 0 Å². The van der Waals surface area contributed by atoms with E-state index in [9.17, 15) is 9.59 Å². The van der Waals surface area contributed by atoms with Crippen LogP contribution < -0.4 is 5.32 Å². The lowest BCUT2D eigenvalue weighted by Crippen LogP contribution is -2.43. The summed E-state index contributed by atoms with van der Waals surface area (Å²) >= 11 is 0. The third kappa shape index (κ3) is 5.72. The standard InChI is InChI=1S/C32H31NO3/c1-36-31(35)29(24-25-14-6-2-7-15-25)33-30(34)22-23-32(26-16-8-3-9-17-26,27-18-10-4-11-19-27)28-20-12-5-13-21-28/h2-21,29H,22-24H2,1H3,(H,33,34)/t29-/m1/s1. The second-order valence-electron chi connectivity index (χ2n) is 8.84. The van der Waals surface area contributed by atoms with Gasteiger partial charge >= 0.3 is 5.97 Å². The number of benzene rings is 4. The third-order valence-corrected chi connectivity index (χ3v) is 6.63. The van der Waals surface area contributed by atoms with Crippen LogP contribution in [0.4, 0.5) is 0 Å². The van der Waals surface area contributed by atoms with Crippen molar-refractivity contribution in [3.63, 3.8) is 0 Å². The predicted molar refractivity (Wildman–Crippen MR) is 143 cm³/mol. The van der Waals surface area contributed by atoms with Crippen LogP contribution in [0.15, 0.2) is 121 Å². The van der Waals surface area contributed by atoms with Gasteiger partial charge in [0.1, 0.15) is 6.04 Å². The van der Waals surface area contributed by atoms with E-state index >= 15 is 0 Å². The number of hydrogen-bond acceptors (Lipinski definition) is 3. The van der Waals surface area contributed by atoms with E-state index in [1.807, 2.05) is 84.9 Å². The molecule has 0 bridgehead atoms. The van der Waals surface area contributed by atoms with Gasteiger partial charge in [-0.1, -0.05) is 121 Å². The summed E-state index contributed by atoms with van der Waals surface area (Å²) in [7, 11) is 1.34. The Labute approximate surface area is 213 Å². The summed E-state index contributed by atoms with van der Waals surface area (Å²) in [6.45, 7) is 0. The highest BCUT2D eigenvalue weighted by atomic mass is 16.5. The molecule has 182 valence electrons. The van der Waals surface area contributed by atoms with E-state index in [-0.39, 0.29) is 12.3 Å². The number of rotatable bonds is 10. The molecule has 4 heteroatoms. The summed E-state index contributed by atoms with van der Waals surface area (Å²) < 4.78 is 4.99. The minimum atomic E-state index is -0.746. The molecule has 36 heavy (non-hydrogen) atoms. The Bertz CT molecular complexity index is 1150. The minimum Gasteiger partial charge on any atom is -0.467 e. The van der Waals surface area contributed by atoms with Crippen molar-refractivity contribution < 1.29 is 14.3 Å². The van der Waals surface area contributed by atoms with Gasteiger partial charge in [0.25, 0.3) is 0 Å². The van der Waals surface area contributed by atoms with Gasteiger partial charge in [0.15, 0.2) is 0 Å². The van der Waals surface area contributed by atoms with Crippen molar-refractivity contribution in [2.24, 2.45) is 0 Å². The van der Waals surface area contributed by atoms with E-state index in [0.717, 1.165) is 22.3 Å². The average Bonchev–Trinajstić information content (AvgIpc) is 2.95. The van der Waals surface area contributed by atoms with Crippen molar-refractivity contribution in [3.8, 4) is 0 Å². The molecule has 0 aliphatic heterocycles. The first-order valence-electron chi connectivity index (χ1n) is 12.2. The summed E-state index contributed by atoms with van der Waals surface area (Å²) in [6, 6.07) is 39.8. The fraction of sp³-hybridized carbons (Fsp3) is 0.188. The smallest absolute Gasteiger partial charge is 0.328 e. The third-order valence-electron chi connectivity index (χ3n) is 6.63. The lowest BCUT2D eigenvalue weighted by atomic mass is 9.66. The van der Waals surface area contributed by atoms with Gasteiger partial charge in [-0.2, -0.15) is 0 Å². The van der Waals surface area contributed by atoms with Crippen LogP contribution in [-0.2, 0) is 26.2 Å².